The maximum absolute atomic E-state index is 6.05. The minimum Gasteiger partial charge on any atom is -0.482 e. The van der Waals surface area contributed by atoms with Crippen molar-refractivity contribution < 1.29 is 4.74 Å². The van der Waals surface area contributed by atoms with Gasteiger partial charge in [-0.3, -0.25) is 0 Å². The molecular formula is C17H17N3O. The van der Waals surface area contributed by atoms with Gasteiger partial charge in [0.1, 0.15) is 5.75 Å². The molecule has 21 heavy (non-hydrogen) atoms. The highest BCUT2D eigenvalue weighted by Gasteiger charge is 2.28. The van der Waals surface area contributed by atoms with Gasteiger partial charge in [-0.1, -0.05) is 24.3 Å². The summed E-state index contributed by atoms with van der Waals surface area (Å²) in [7, 11) is 2.04. The zero-order valence-corrected chi connectivity index (χ0v) is 11.9. The van der Waals surface area contributed by atoms with E-state index in [-0.39, 0.29) is 6.10 Å². The molecule has 0 saturated heterocycles. The van der Waals surface area contributed by atoms with Crippen molar-refractivity contribution in [3.8, 4) is 5.75 Å². The second-order valence-corrected chi connectivity index (χ2v) is 5.47. The van der Waals surface area contributed by atoms with Crippen LogP contribution in [0.1, 0.15) is 23.1 Å². The van der Waals surface area contributed by atoms with Crippen LogP contribution >= 0.6 is 0 Å². The lowest BCUT2D eigenvalue weighted by atomic mass is 10.1. The van der Waals surface area contributed by atoms with Crippen LogP contribution in [0.3, 0.4) is 0 Å². The lowest BCUT2D eigenvalue weighted by Gasteiger charge is -2.10. The Bertz CT molecular complexity index is 797. The number of aryl methyl sites for hydroxylation is 1. The molecule has 0 saturated carbocycles. The summed E-state index contributed by atoms with van der Waals surface area (Å²) in [5.41, 5.74) is 10.2. The van der Waals surface area contributed by atoms with Crippen LogP contribution in [0.2, 0.25) is 0 Å². The molecule has 0 spiro atoms. The summed E-state index contributed by atoms with van der Waals surface area (Å²) in [6.45, 7) is 0.543. The molecule has 0 bridgehead atoms. The summed E-state index contributed by atoms with van der Waals surface area (Å²) in [6, 6.07) is 14.4. The van der Waals surface area contributed by atoms with Gasteiger partial charge in [0.05, 0.1) is 11.0 Å². The molecule has 1 aromatic heterocycles. The van der Waals surface area contributed by atoms with E-state index in [1.165, 1.54) is 5.56 Å². The first kappa shape index (κ1) is 12.4. The Morgan fingerprint density at radius 2 is 2.14 bits per heavy atom. The molecule has 4 heteroatoms. The maximum atomic E-state index is 6.05. The van der Waals surface area contributed by atoms with Gasteiger partial charge >= 0.3 is 0 Å². The van der Waals surface area contributed by atoms with Crippen molar-refractivity contribution in [2.75, 3.05) is 0 Å². The number of benzene rings is 2. The average Bonchev–Trinajstić information content (AvgIpc) is 3.08. The van der Waals surface area contributed by atoms with E-state index in [0.717, 1.165) is 34.6 Å². The Kier molecular flexibility index (Phi) is 2.72. The summed E-state index contributed by atoms with van der Waals surface area (Å²) in [4.78, 5) is 4.75. The fraction of sp³-hybridized carbons (Fsp3) is 0.235. The zero-order valence-electron chi connectivity index (χ0n) is 11.9. The second-order valence-electron chi connectivity index (χ2n) is 5.47. The SMILES string of the molecule is Cn1c(C2Cc3ccccc3O2)nc2ccc(CN)cc21. The van der Waals surface area contributed by atoms with E-state index in [1.807, 2.05) is 37.4 Å². The second kappa shape index (κ2) is 4.60. The quantitative estimate of drug-likeness (QED) is 0.784. The largest absolute Gasteiger partial charge is 0.482 e. The summed E-state index contributed by atoms with van der Waals surface area (Å²) in [5, 5.41) is 0. The van der Waals surface area contributed by atoms with Gasteiger partial charge in [-0.25, -0.2) is 4.98 Å². The first-order valence-corrected chi connectivity index (χ1v) is 7.16. The highest BCUT2D eigenvalue weighted by Crippen LogP contribution is 2.36. The van der Waals surface area contributed by atoms with Crippen molar-refractivity contribution in [2.45, 2.75) is 19.1 Å². The lowest BCUT2D eigenvalue weighted by molar-refractivity contribution is 0.224. The molecule has 2 aromatic carbocycles. The van der Waals surface area contributed by atoms with Crippen molar-refractivity contribution >= 4 is 11.0 Å². The summed E-state index contributed by atoms with van der Waals surface area (Å²) >= 11 is 0. The number of ether oxygens (including phenoxy) is 1. The molecule has 2 N–H and O–H groups in total. The van der Waals surface area contributed by atoms with Crippen LogP contribution in [-0.2, 0) is 20.0 Å². The molecule has 0 fully saturated rings. The molecule has 0 amide bonds. The summed E-state index contributed by atoms with van der Waals surface area (Å²) in [6.07, 6.45) is 0.859. The fourth-order valence-corrected chi connectivity index (χ4v) is 3.00. The van der Waals surface area contributed by atoms with Crippen molar-refractivity contribution in [1.29, 1.82) is 0 Å². The monoisotopic (exact) mass is 279 g/mol. The standard InChI is InChI=1S/C17H17N3O/c1-20-14-8-11(10-18)6-7-13(14)19-17(20)16-9-12-4-2-3-5-15(12)21-16/h2-8,16H,9-10,18H2,1H3. The van der Waals surface area contributed by atoms with Gasteiger partial charge in [-0.15, -0.1) is 0 Å². The zero-order chi connectivity index (χ0) is 14.4. The van der Waals surface area contributed by atoms with Gasteiger partial charge in [0, 0.05) is 20.0 Å². The third-order valence-electron chi connectivity index (χ3n) is 4.15. The van der Waals surface area contributed by atoms with E-state index in [0.29, 0.717) is 6.54 Å². The minimum absolute atomic E-state index is 0.0128. The van der Waals surface area contributed by atoms with Crippen LogP contribution < -0.4 is 10.5 Å². The van der Waals surface area contributed by atoms with Gasteiger partial charge in [0.15, 0.2) is 11.9 Å². The van der Waals surface area contributed by atoms with Gasteiger partial charge < -0.3 is 15.0 Å². The molecule has 1 atom stereocenters. The van der Waals surface area contributed by atoms with Crippen molar-refractivity contribution in [3.63, 3.8) is 0 Å². The predicted molar refractivity (Wildman–Crippen MR) is 82.1 cm³/mol. The Labute approximate surface area is 123 Å². The Morgan fingerprint density at radius 3 is 2.95 bits per heavy atom. The number of nitrogens with zero attached hydrogens (tertiary/aromatic N) is 2. The molecule has 0 radical (unpaired) electrons. The first-order valence-electron chi connectivity index (χ1n) is 7.16. The number of para-hydroxylation sites is 1. The Hall–Kier alpha value is -2.33. The third kappa shape index (κ3) is 1.91. The van der Waals surface area contributed by atoms with E-state index < -0.39 is 0 Å². The van der Waals surface area contributed by atoms with E-state index in [1.54, 1.807) is 0 Å². The molecule has 1 unspecified atom stereocenters. The third-order valence-corrected chi connectivity index (χ3v) is 4.15. The molecule has 1 aliphatic heterocycles. The number of imidazole rings is 1. The molecule has 2 heterocycles. The smallest absolute Gasteiger partial charge is 0.160 e. The van der Waals surface area contributed by atoms with Gasteiger partial charge in [0.25, 0.3) is 0 Å². The number of hydrogen-bond donors (Lipinski definition) is 1. The van der Waals surface area contributed by atoms with E-state index in [2.05, 4.69) is 16.7 Å². The maximum Gasteiger partial charge on any atom is 0.160 e. The summed E-state index contributed by atoms with van der Waals surface area (Å²) in [5.74, 6) is 1.94. The number of nitrogens with two attached hydrogens (primary N) is 1. The Morgan fingerprint density at radius 1 is 1.29 bits per heavy atom. The number of fused-ring (bicyclic) bond motifs is 2. The molecule has 4 nitrogen and oxygen atoms in total. The van der Waals surface area contributed by atoms with Crippen LogP contribution in [0.25, 0.3) is 11.0 Å². The van der Waals surface area contributed by atoms with Crippen LogP contribution in [0.15, 0.2) is 42.5 Å². The van der Waals surface area contributed by atoms with Crippen LogP contribution in [0, 0.1) is 0 Å². The highest BCUT2D eigenvalue weighted by atomic mass is 16.5. The van der Waals surface area contributed by atoms with Crippen LogP contribution in [-0.4, -0.2) is 9.55 Å². The van der Waals surface area contributed by atoms with Gasteiger partial charge in [-0.2, -0.15) is 0 Å². The highest BCUT2D eigenvalue weighted by molar-refractivity contribution is 5.77. The number of rotatable bonds is 2. The topological polar surface area (TPSA) is 53.1 Å². The minimum atomic E-state index is -0.0128. The molecule has 106 valence electrons. The molecular weight excluding hydrogens is 262 g/mol. The molecule has 1 aliphatic rings. The van der Waals surface area contributed by atoms with Crippen molar-refractivity contribution in [3.05, 3.63) is 59.4 Å². The van der Waals surface area contributed by atoms with Crippen molar-refractivity contribution in [1.82, 2.24) is 9.55 Å². The molecule has 4 rings (SSSR count). The van der Waals surface area contributed by atoms with E-state index in [4.69, 9.17) is 15.5 Å². The van der Waals surface area contributed by atoms with Gasteiger partial charge in [0.2, 0.25) is 0 Å². The normalized spacial score (nSPS) is 17.0. The fourth-order valence-electron chi connectivity index (χ4n) is 3.00. The lowest BCUT2D eigenvalue weighted by Crippen LogP contribution is -2.10. The van der Waals surface area contributed by atoms with Crippen LogP contribution in [0.5, 0.6) is 5.75 Å². The molecule has 0 aliphatic carbocycles. The average molecular weight is 279 g/mol. The number of aromatic nitrogens is 2. The molecule has 3 aromatic rings. The van der Waals surface area contributed by atoms with Gasteiger partial charge in [-0.05, 0) is 29.3 Å². The first-order chi connectivity index (χ1) is 10.3. The Balaban J connectivity index is 1.77. The van der Waals surface area contributed by atoms with Crippen LogP contribution in [0.4, 0.5) is 0 Å². The predicted octanol–water partition coefficient (Wildman–Crippen LogP) is 2.71. The van der Waals surface area contributed by atoms with Crippen molar-refractivity contribution in [2.24, 2.45) is 12.8 Å². The van der Waals surface area contributed by atoms with E-state index in [9.17, 15) is 0 Å². The van der Waals surface area contributed by atoms with E-state index >= 15 is 0 Å². The number of hydrogen-bond acceptors (Lipinski definition) is 3. The summed E-state index contributed by atoms with van der Waals surface area (Å²) < 4.78 is 8.17.